The maximum Gasteiger partial charge on any atom is 0.230 e. The maximum atomic E-state index is 12.3. The molecule has 0 fully saturated rings. The van der Waals surface area contributed by atoms with Gasteiger partial charge >= 0.3 is 0 Å². The molecule has 0 spiro atoms. The number of thiazole rings is 1. The summed E-state index contributed by atoms with van der Waals surface area (Å²) < 4.78 is 5.15. The molecule has 1 heterocycles. The van der Waals surface area contributed by atoms with Crippen LogP contribution in [0.4, 0.5) is 10.8 Å². The number of aromatic nitrogens is 1. The molecule has 2 aromatic carbocycles. The van der Waals surface area contributed by atoms with Gasteiger partial charge in [-0.25, -0.2) is 4.98 Å². The van der Waals surface area contributed by atoms with E-state index in [1.54, 1.807) is 67.1 Å². The minimum Gasteiger partial charge on any atom is -0.497 e. The lowest BCUT2D eigenvalue weighted by molar-refractivity contribution is -0.115. The molecule has 1 amide bonds. The van der Waals surface area contributed by atoms with E-state index in [2.05, 4.69) is 4.98 Å². The molecule has 0 unspecified atom stereocenters. The Hall–Kier alpha value is -2.96. The first-order valence-electron chi connectivity index (χ1n) is 8.36. The molecular weight excluding hydrogens is 396 g/mol. The molecule has 0 aliphatic carbocycles. The highest BCUT2D eigenvalue weighted by molar-refractivity contribution is 7.14. The van der Waals surface area contributed by atoms with Crippen molar-refractivity contribution in [2.45, 2.75) is 6.92 Å². The molecule has 0 radical (unpaired) electrons. The molecule has 142 valence electrons. The molecule has 0 atom stereocenters. The average Bonchev–Trinajstić information content (AvgIpc) is 3.15. The molecule has 0 bridgehead atoms. The van der Waals surface area contributed by atoms with Gasteiger partial charge in [-0.1, -0.05) is 23.7 Å². The zero-order valence-corrected chi connectivity index (χ0v) is 16.8. The summed E-state index contributed by atoms with van der Waals surface area (Å²) in [5.41, 5.74) is 1.78. The molecule has 0 aliphatic heterocycles. The van der Waals surface area contributed by atoms with Crippen LogP contribution in [0.3, 0.4) is 0 Å². The summed E-state index contributed by atoms with van der Waals surface area (Å²) in [6.45, 7) is 1.48. The summed E-state index contributed by atoms with van der Waals surface area (Å²) in [6.07, 6.45) is 3.06. The minimum absolute atomic E-state index is 0.162. The Bertz CT molecular complexity index is 1030. The Kier molecular flexibility index (Phi) is 6.23. The van der Waals surface area contributed by atoms with Gasteiger partial charge in [-0.3, -0.25) is 14.5 Å². The number of hydrogen-bond donors (Lipinski definition) is 0. The van der Waals surface area contributed by atoms with Crippen molar-refractivity contribution in [3.8, 4) is 5.75 Å². The third-order valence-electron chi connectivity index (χ3n) is 3.86. The number of ether oxygens (including phenoxy) is 1. The van der Waals surface area contributed by atoms with E-state index in [0.29, 0.717) is 32.8 Å². The highest BCUT2D eigenvalue weighted by atomic mass is 35.5. The third kappa shape index (κ3) is 4.65. The van der Waals surface area contributed by atoms with Crippen molar-refractivity contribution in [1.82, 2.24) is 4.98 Å². The number of carbonyl (C=O) groups is 2. The van der Waals surface area contributed by atoms with Gasteiger partial charge in [0.25, 0.3) is 0 Å². The van der Waals surface area contributed by atoms with E-state index in [1.165, 1.54) is 29.2 Å². The van der Waals surface area contributed by atoms with Crippen LogP contribution in [0, 0.1) is 0 Å². The zero-order chi connectivity index (χ0) is 20.1. The van der Waals surface area contributed by atoms with Crippen LogP contribution in [0.2, 0.25) is 5.02 Å². The Balaban J connectivity index is 1.80. The summed E-state index contributed by atoms with van der Waals surface area (Å²) in [5.74, 6) is 0.371. The van der Waals surface area contributed by atoms with Gasteiger partial charge in [0.15, 0.2) is 10.9 Å². The van der Waals surface area contributed by atoms with Crippen LogP contribution in [0.15, 0.2) is 60.0 Å². The van der Waals surface area contributed by atoms with E-state index in [4.69, 9.17) is 16.3 Å². The predicted octanol–water partition coefficient (Wildman–Crippen LogP) is 5.39. The number of methoxy groups -OCH3 is 1. The molecule has 5 nitrogen and oxygen atoms in total. The number of carbonyl (C=O) groups excluding carboxylic acids is 2. The van der Waals surface area contributed by atoms with Crippen molar-refractivity contribution in [3.05, 3.63) is 76.3 Å². The molecule has 7 heteroatoms. The summed E-state index contributed by atoms with van der Waals surface area (Å²) in [7, 11) is 1.59. The molecule has 0 saturated carbocycles. The van der Waals surface area contributed by atoms with Gasteiger partial charge in [-0.05, 0) is 48.6 Å². The smallest absolute Gasteiger partial charge is 0.230 e. The molecule has 28 heavy (non-hydrogen) atoms. The number of amides is 1. The van der Waals surface area contributed by atoms with Gasteiger partial charge in [0.2, 0.25) is 5.91 Å². The van der Waals surface area contributed by atoms with Crippen LogP contribution in [0.1, 0.15) is 23.0 Å². The second-order valence-electron chi connectivity index (χ2n) is 5.82. The van der Waals surface area contributed by atoms with Gasteiger partial charge < -0.3 is 4.74 Å². The predicted molar refractivity (Wildman–Crippen MR) is 113 cm³/mol. The normalized spacial score (nSPS) is 10.8. The monoisotopic (exact) mass is 412 g/mol. The Labute approximate surface area is 171 Å². The van der Waals surface area contributed by atoms with Gasteiger partial charge in [0.05, 0.1) is 18.5 Å². The van der Waals surface area contributed by atoms with E-state index in [9.17, 15) is 9.59 Å². The lowest BCUT2D eigenvalue weighted by Gasteiger charge is -2.18. The number of nitrogens with zero attached hydrogens (tertiary/aromatic N) is 2. The zero-order valence-electron chi connectivity index (χ0n) is 15.3. The molecule has 0 N–H and O–H groups in total. The van der Waals surface area contributed by atoms with Crippen molar-refractivity contribution >= 4 is 51.5 Å². The molecule has 3 aromatic rings. The molecule has 0 saturated heterocycles. The minimum atomic E-state index is -0.171. The lowest BCUT2D eigenvalue weighted by atomic mass is 10.1. The van der Waals surface area contributed by atoms with E-state index >= 15 is 0 Å². The van der Waals surface area contributed by atoms with Crippen molar-refractivity contribution in [1.29, 1.82) is 0 Å². The SMILES string of the molecule is COc1ccc(N(C(C)=O)c2nc(C=CC(=O)c3cccc(Cl)c3)cs2)cc1. The molecular formula is C21H17ClN2O3S. The van der Waals surface area contributed by atoms with Gasteiger partial charge in [-0.2, -0.15) is 0 Å². The standard InChI is InChI=1S/C21H17ClN2O3S/c1-14(25)24(18-7-9-19(27-2)10-8-18)21-23-17(13-28-21)6-11-20(26)15-4-3-5-16(22)12-15/h3-13H,1-2H3. The Morgan fingerprint density at radius 1 is 1.18 bits per heavy atom. The van der Waals surface area contributed by atoms with Crippen LogP contribution < -0.4 is 9.64 Å². The number of ketones is 1. The van der Waals surface area contributed by atoms with Gasteiger partial charge in [0, 0.05) is 22.9 Å². The number of hydrogen-bond acceptors (Lipinski definition) is 5. The van der Waals surface area contributed by atoms with Crippen LogP contribution in [0.25, 0.3) is 6.08 Å². The fourth-order valence-electron chi connectivity index (χ4n) is 2.51. The maximum absolute atomic E-state index is 12.3. The number of rotatable bonds is 6. The number of anilines is 2. The van der Waals surface area contributed by atoms with E-state index in [1.807, 2.05) is 0 Å². The summed E-state index contributed by atoms with van der Waals surface area (Å²) in [6, 6.07) is 13.9. The summed E-state index contributed by atoms with van der Waals surface area (Å²) in [5, 5.41) is 2.82. The first-order chi connectivity index (χ1) is 13.5. The number of benzene rings is 2. The summed E-state index contributed by atoms with van der Waals surface area (Å²) >= 11 is 7.24. The molecule has 3 rings (SSSR count). The van der Waals surface area contributed by atoms with Crippen LogP contribution in [0.5, 0.6) is 5.75 Å². The fourth-order valence-corrected chi connectivity index (χ4v) is 3.56. The van der Waals surface area contributed by atoms with Crippen molar-refractivity contribution in [2.24, 2.45) is 0 Å². The van der Waals surface area contributed by atoms with Crippen LogP contribution >= 0.6 is 22.9 Å². The van der Waals surface area contributed by atoms with Gasteiger partial charge in [0.1, 0.15) is 5.75 Å². The molecule has 0 aliphatic rings. The van der Waals surface area contributed by atoms with Crippen molar-refractivity contribution < 1.29 is 14.3 Å². The van der Waals surface area contributed by atoms with Gasteiger partial charge in [-0.15, -0.1) is 11.3 Å². The summed E-state index contributed by atoms with van der Waals surface area (Å²) in [4.78, 5) is 30.4. The van der Waals surface area contributed by atoms with Crippen LogP contribution in [-0.2, 0) is 4.79 Å². The highest BCUT2D eigenvalue weighted by Gasteiger charge is 2.17. The first-order valence-corrected chi connectivity index (χ1v) is 9.62. The average molecular weight is 413 g/mol. The van der Waals surface area contributed by atoms with E-state index in [0.717, 1.165) is 0 Å². The van der Waals surface area contributed by atoms with Crippen LogP contribution in [-0.4, -0.2) is 23.8 Å². The van der Waals surface area contributed by atoms with Crippen molar-refractivity contribution in [2.75, 3.05) is 12.0 Å². The van der Waals surface area contributed by atoms with Crippen molar-refractivity contribution in [3.63, 3.8) is 0 Å². The topological polar surface area (TPSA) is 59.5 Å². The second kappa shape index (κ2) is 8.82. The fraction of sp³-hybridized carbons (Fsp3) is 0.0952. The Morgan fingerprint density at radius 3 is 2.57 bits per heavy atom. The highest BCUT2D eigenvalue weighted by Crippen LogP contribution is 2.30. The molecule has 1 aromatic heterocycles. The second-order valence-corrected chi connectivity index (χ2v) is 7.09. The Morgan fingerprint density at radius 2 is 1.93 bits per heavy atom. The first kappa shape index (κ1) is 19.8. The van der Waals surface area contributed by atoms with E-state index < -0.39 is 0 Å². The number of allylic oxidation sites excluding steroid dienone is 1. The quantitative estimate of drug-likeness (QED) is 0.402. The lowest BCUT2D eigenvalue weighted by Crippen LogP contribution is -2.22. The third-order valence-corrected chi connectivity index (χ3v) is 4.94. The number of halogens is 1. The largest absolute Gasteiger partial charge is 0.497 e. The van der Waals surface area contributed by atoms with E-state index in [-0.39, 0.29) is 11.7 Å².